The lowest BCUT2D eigenvalue weighted by molar-refractivity contribution is 1.70. The first-order chi connectivity index (χ1) is 4.24. The van der Waals surface area contributed by atoms with Gasteiger partial charge in [0, 0.05) is 0 Å². The second kappa shape index (κ2) is 2.75. The largest absolute Gasteiger partial charge is 0.761 e. The Bertz CT molecular complexity index is 212. The maximum absolute atomic E-state index is 9.98. The molecule has 5 heteroatoms. The molecule has 9 heavy (non-hydrogen) atoms. The summed E-state index contributed by atoms with van der Waals surface area (Å²) in [5.74, 6) is 0. The summed E-state index contributed by atoms with van der Waals surface area (Å²) < 4.78 is 0.911. The second-order valence-corrected chi connectivity index (χ2v) is 3.63. The molecule has 0 saturated heterocycles. The first kappa shape index (κ1) is 7.15. The third-order valence-electron chi connectivity index (χ3n) is 0.767. The van der Waals surface area contributed by atoms with E-state index in [9.17, 15) is 5.21 Å². The van der Waals surface area contributed by atoms with Crippen molar-refractivity contribution in [2.75, 3.05) is 5.48 Å². The Balaban J connectivity index is 3.01. The van der Waals surface area contributed by atoms with Crippen LogP contribution in [0.1, 0.15) is 0 Å². The van der Waals surface area contributed by atoms with Crippen LogP contribution in [0.5, 0.6) is 0 Å². The van der Waals surface area contributed by atoms with E-state index in [0.29, 0.717) is 14.4 Å². The van der Waals surface area contributed by atoms with Gasteiger partial charge in [0.05, 0.1) is 10.0 Å². The SMILES string of the molecule is [O-]Nc1cc(Cl)sc1Cl. The highest BCUT2D eigenvalue weighted by atomic mass is 35.5. The predicted molar refractivity (Wildman–Crippen MR) is 41.3 cm³/mol. The van der Waals surface area contributed by atoms with Crippen molar-refractivity contribution >= 4 is 40.2 Å². The van der Waals surface area contributed by atoms with Gasteiger partial charge in [0.15, 0.2) is 0 Å². The molecule has 0 aliphatic carbocycles. The fourth-order valence-corrected chi connectivity index (χ4v) is 1.77. The van der Waals surface area contributed by atoms with E-state index < -0.39 is 0 Å². The molecule has 1 aromatic rings. The number of hydrogen-bond donors (Lipinski definition) is 1. The van der Waals surface area contributed by atoms with Gasteiger partial charge in [-0.25, -0.2) is 0 Å². The third kappa shape index (κ3) is 1.49. The van der Waals surface area contributed by atoms with Crippen molar-refractivity contribution in [1.82, 2.24) is 0 Å². The summed E-state index contributed by atoms with van der Waals surface area (Å²) in [6, 6.07) is 1.49. The summed E-state index contributed by atoms with van der Waals surface area (Å²) in [5, 5.41) is 9.98. The van der Waals surface area contributed by atoms with E-state index in [4.69, 9.17) is 23.2 Å². The standard InChI is InChI=1S/C4H2Cl2NOS/c5-3-1-2(7-8)4(6)9-3/h1,7H/q-1. The van der Waals surface area contributed by atoms with Crippen molar-refractivity contribution in [1.29, 1.82) is 0 Å². The molecule has 50 valence electrons. The molecule has 1 N–H and O–H groups in total. The number of rotatable bonds is 1. The monoisotopic (exact) mass is 182 g/mol. The quantitative estimate of drug-likeness (QED) is 0.679. The van der Waals surface area contributed by atoms with Crippen LogP contribution in [0.25, 0.3) is 0 Å². The third-order valence-corrected chi connectivity index (χ3v) is 2.25. The fourth-order valence-electron chi connectivity index (χ4n) is 0.410. The summed E-state index contributed by atoms with van der Waals surface area (Å²) >= 11 is 12.2. The van der Waals surface area contributed by atoms with Crippen LogP contribution in [0.4, 0.5) is 5.69 Å². The number of nitrogens with one attached hydrogen (secondary N) is 1. The molecule has 0 bridgehead atoms. The van der Waals surface area contributed by atoms with E-state index >= 15 is 0 Å². The van der Waals surface area contributed by atoms with Gasteiger partial charge in [0.25, 0.3) is 0 Å². The maximum Gasteiger partial charge on any atom is 0.117 e. The lowest BCUT2D eigenvalue weighted by atomic mass is 10.6. The Morgan fingerprint density at radius 2 is 2.22 bits per heavy atom. The zero-order valence-electron chi connectivity index (χ0n) is 4.15. The number of hydrogen-bond acceptors (Lipinski definition) is 3. The van der Waals surface area contributed by atoms with Crippen LogP contribution in [-0.2, 0) is 0 Å². The topological polar surface area (TPSA) is 35.1 Å². The Labute approximate surface area is 66.0 Å². The molecule has 1 rings (SSSR count). The molecule has 0 fully saturated rings. The van der Waals surface area contributed by atoms with Crippen molar-refractivity contribution in [3.05, 3.63) is 19.9 Å². The van der Waals surface area contributed by atoms with Crippen molar-refractivity contribution in [3.8, 4) is 0 Å². The van der Waals surface area contributed by atoms with Gasteiger partial charge in [-0.15, -0.1) is 11.3 Å². The summed E-state index contributed by atoms with van der Waals surface area (Å²) in [7, 11) is 0. The number of halogens is 2. The van der Waals surface area contributed by atoms with Crippen LogP contribution in [0.3, 0.4) is 0 Å². The van der Waals surface area contributed by atoms with Gasteiger partial charge in [-0.2, -0.15) is 0 Å². The van der Waals surface area contributed by atoms with Gasteiger partial charge in [-0.05, 0) is 6.07 Å². The van der Waals surface area contributed by atoms with E-state index in [1.165, 1.54) is 6.07 Å². The minimum absolute atomic E-state index is 0.340. The van der Waals surface area contributed by atoms with Crippen molar-refractivity contribution in [3.63, 3.8) is 0 Å². The van der Waals surface area contributed by atoms with Gasteiger partial charge >= 0.3 is 0 Å². The lowest BCUT2D eigenvalue weighted by Gasteiger charge is -2.04. The Morgan fingerprint density at radius 1 is 1.56 bits per heavy atom. The molecule has 0 aliphatic rings. The highest BCUT2D eigenvalue weighted by Crippen LogP contribution is 2.34. The highest BCUT2D eigenvalue weighted by Gasteiger charge is 1.99. The lowest BCUT2D eigenvalue weighted by Crippen LogP contribution is -1.79. The van der Waals surface area contributed by atoms with E-state index in [1.807, 2.05) is 0 Å². The van der Waals surface area contributed by atoms with Crippen LogP contribution in [0.2, 0.25) is 8.67 Å². The molecular formula is C4H2Cl2NOS-. The van der Waals surface area contributed by atoms with E-state index in [2.05, 4.69) is 0 Å². The molecule has 0 aromatic carbocycles. The summed E-state index contributed by atoms with van der Waals surface area (Å²) in [5.41, 5.74) is 2.00. The molecular weight excluding hydrogens is 181 g/mol. The van der Waals surface area contributed by atoms with Crippen LogP contribution in [0.15, 0.2) is 6.07 Å². The van der Waals surface area contributed by atoms with Gasteiger partial charge in [-0.1, -0.05) is 23.2 Å². The number of anilines is 1. The average Bonchev–Trinajstić information content (AvgIpc) is 2.10. The average molecular weight is 183 g/mol. The molecule has 0 saturated carbocycles. The minimum atomic E-state index is 0.340. The van der Waals surface area contributed by atoms with Gasteiger partial charge in [-0.3, -0.25) is 0 Å². The maximum atomic E-state index is 9.98. The Morgan fingerprint density at radius 3 is 2.44 bits per heavy atom. The van der Waals surface area contributed by atoms with Crippen LogP contribution in [-0.4, -0.2) is 0 Å². The van der Waals surface area contributed by atoms with E-state index in [-0.39, 0.29) is 0 Å². The molecule has 0 amide bonds. The van der Waals surface area contributed by atoms with E-state index in [1.54, 1.807) is 5.48 Å². The first-order valence-electron chi connectivity index (χ1n) is 2.07. The Kier molecular flexibility index (Phi) is 2.18. The van der Waals surface area contributed by atoms with Crippen LogP contribution in [0, 0.1) is 5.21 Å². The molecule has 0 aliphatic heterocycles. The van der Waals surface area contributed by atoms with E-state index in [0.717, 1.165) is 11.3 Å². The smallest absolute Gasteiger partial charge is 0.117 e. The zero-order chi connectivity index (χ0) is 6.85. The first-order valence-corrected chi connectivity index (χ1v) is 3.64. The van der Waals surface area contributed by atoms with Crippen molar-refractivity contribution < 1.29 is 0 Å². The predicted octanol–water partition coefficient (Wildman–Crippen LogP) is 2.96. The van der Waals surface area contributed by atoms with Crippen molar-refractivity contribution in [2.24, 2.45) is 0 Å². The van der Waals surface area contributed by atoms with Gasteiger partial charge in [0.1, 0.15) is 4.34 Å². The van der Waals surface area contributed by atoms with Crippen LogP contribution < -0.4 is 5.48 Å². The molecule has 0 atom stereocenters. The van der Waals surface area contributed by atoms with Crippen molar-refractivity contribution in [2.45, 2.75) is 0 Å². The van der Waals surface area contributed by atoms with Crippen LogP contribution >= 0.6 is 34.5 Å². The summed E-state index contributed by atoms with van der Waals surface area (Å²) in [6.45, 7) is 0. The molecule has 0 radical (unpaired) electrons. The number of thiophene rings is 1. The highest BCUT2D eigenvalue weighted by molar-refractivity contribution is 7.20. The molecule has 2 nitrogen and oxygen atoms in total. The molecule has 1 aromatic heterocycles. The second-order valence-electron chi connectivity index (χ2n) is 1.34. The fraction of sp³-hybridized carbons (Fsp3) is 0. The summed E-state index contributed by atoms with van der Waals surface area (Å²) in [6.07, 6.45) is 0. The summed E-state index contributed by atoms with van der Waals surface area (Å²) in [4.78, 5) is 0. The molecule has 1 heterocycles. The Hall–Kier alpha value is 0.0400. The zero-order valence-corrected chi connectivity index (χ0v) is 6.48. The molecule has 0 unspecified atom stereocenters. The normalized spacial score (nSPS) is 9.67. The molecule has 0 spiro atoms. The van der Waals surface area contributed by atoms with Gasteiger partial charge in [0.2, 0.25) is 0 Å². The minimum Gasteiger partial charge on any atom is -0.761 e. The van der Waals surface area contributed by atoms with Gasteiger partial charge < -0.3 is 10.7 Å².